The number of rotatable bonds is 3. The molecule has 0 unspecified atom stereocenters. The largest absolute Gasteiger partial charge is 0.619 e. The lowest BCUT2D eigenvalue weighted by Gasteiger charge is -2.27. The highest BCUT2D eigenvalue weighted by molar-refractivity contribution is 5.53. The second-order valence-electron chi connectivity index (χ2n) is 6.11. The Balaban J connectivity index is 1.57. The van der Waals surface area contributed by atoms with E-state index in [1.807, 2.05) is 12.1 Å². The fraction of sp³-hybridized carbons (Fsp3) is 0.222. The van der Waals surface area contributed by atoms with Crippen LogP contribution < -0.4 is 10.3 Å². The fourth-order valence-corrected chi connectivity index (χ4v) is 3.06. The van der Waals surface area contributed by atoms with Gasteiger partial charge in [-0.05, 0) is 17.7 Å². The SMILES string of the molecule is O=c1[nH]c(-c2cccnc2)nc2c1CN(Cc1cc[n+]([O-])cc1)CC2. The van der Waals surface area contributed by atoms with E-state index < -0.39 is 0 Å². The molecule has 0 spiro atoms. The molecule has 0 amide bonds. The second-order valence-corrected chi connectivity index (χ2v) is 6.11. The molecule has 0 radical (unpaired) electrons. The van der Waals surface area contributed by atoms with Crippen LogP contribution in [0.1, 0.15) is 16.8 Å². The molecule has 4 heterocycles. The summed E-state index contributed by atoms with van der Waals surface area (Å²) in [6, 6.07) is 7.31. The first-order valence-corrected chi connectivity index (χ1v) is 8.11. The summed E-state index contributed by atoms with van der Waals surface area (Å²) in [7, 11) is 0. The molecule has 4 rings (SSSR count). The molecule has 7 nitrogen and oxygen atoms in total. The van der Waals surface area contributed by atoms with Crippen molar-refractivity contribution in [3.05, 3.63) is 81.4 Å². The van der Waals surface area contributed by atoms with Crippen molar-refractivity contribution in [2.24, 2.45) is 0 Å². The van der Waals surface area contributed by atoms with Crippen molar-refractivity contribution < 1.29 is 4.73 Å². The quantitative estimate of drug-likeness (QED) is 0.570. The topological polar surface area (TPSA) is 88.8 Å². The van der Waals surface area contributed by atoms with Gasteiger partial charge in [0.25, 0.3) is 5.56 Å². The van der Waals surface area contributed by atoms with Gasteiger partial charge in [-0.25, -0.2) is 4.98 Å². The monoisotopic (exact) mass is 335 g/mol. The second kappa shape index (κ2) is 6.45. The smallest absolute Gasteiger partial charge is 0.255 e. The molecule has 0 aliphatic carbocycles. The highest BCUT2D eigenvalue weighted by Gasteiger charge is 2.21. The molecule has 0 atom stereocenters. The number of hydrogen-bond donors (Lipinski definition) is 1. The zero-order chi connectivity index (χ0) is 17.2. The van der Waals surface area contributed by atoms with Crippen molar-refractivity contribution in [1.82, 2.24) is 19.9 Å². The normalized spacial score (nSPS) is 14.2. The average molecular weight is 335 g/mol. The summed E-state index contributed by atoms with van der Waals surface area (Å²) in [6.45, 7) is 2.07. The number of fused-ring (bicyclic) bond motifs is 1. The van der Waals surface area contributed by atoms with Crippen LogP contribution in [0.15, 0.2) is 53.8 Å². The molecule has 3 aromatic heterocycles. The lowest BCUT2D eigenvalue weighted by atomic mass is 10.1. The summed E-state index contributed by atoms with van der Waals surface area (Å²) < 4.78 is 0.767. The van der Waals surface area contributed by atoms with Gasteiger partial charge in [-0.3, -0.25) is 14.7 Å². The number of nitrogens with zero attached hydrogens (tertiary/aromatic N) is 4. The Morgan fingerprint density at radius 3 is 2.88 bits per heavy atom. The van der Waals surface area contributed by atoms with E-state index in [0.29, 0.717) is 24.5 Å². The van der Waals surface area contributed by atoms with E-state index in [0.717, 1.165) is 34.5 Å². The van der Waals surface area contributed by atoms with Gasteiger partial charge in [0, 0.05) is 56.1 Å². The minimum absolute atomic E-state index is 0.0981. The van der Waals surface area contributed by atoms with Gasteiger partial charge in [-0.1, -0.05) is 0 Å². The Hall–Kier alpha value is -3.06. The first-order valence-electron chi connectivity index (χ1n) is 8.11. The minimum Gasteiger partial charge on any atom is -0.619 e. The third kappa shape index (κ3) is 3.27. The van der Waals surface area contributed by atoms with Crippen molar-refractivity contribution in [3.63, 3.8) is 0 Å². The summed E-state index contributed by atoms with van der Waals surface area (Å²) in [5.41, 5.74) is 3.32. The number of aromatic nitrogens is 4. The number of pyridine rings is 2. The zero-order valence-electron chi connectivity index (χ0n) is 13.6. The molecule has 0 fully saturated rings. The van der Waals surface area contributed by atoms with E-state index >= 15 is 0 Å². The van der Waals surface area contributed by atoms with Crippen LogP contribution in [0.5, 0.6) is 0 Å². The number of nitrogens with one attached hydrogen (secondary N) is 1. The molecule has 1 aliphatic rings. The van der Waals surface area contributed by atoms with Crippen molar-refractivity contribution in [1.29, 1.82) is 0 Å². The van der Waals surface area contributed by atoms with Gasteiger partial charge in [-0.15, -0.1) is 0 Å². The van der Waals surface area contributed by atoms with E-state index in [2.05, 4.69) is 19.9 Å². The predicted octanol–water partition coefficient (Wildman–Crippen LogP) is 1.02. The highest BCUT2D eigenvalue weighted by atomic mass is 16.5. The summed E-state index contributed by atoms with van der Waals surface area (Å²) in [5, 5.41) is 11.1. The van der Waals surface area contributed by atoms with Gasteiger partial charge in [0.05, 0.1) is 11.3 Å². The van der Waals surface area contributed by atoms with E-state index in [-0.39, 0.29) is 5.56 Å². The summed E-state index contributed by atoms with van der Waals surface area (Å²) in [6.07, 6.45) is 7.08. The molecule has 0 aromatic carbocycles. The van der Waals surface area contributed by atoms with Crippen LogP contribution >= 0.6 is 0 Å². The zero-order valence-corrected chi connectivity index (χ0v) is 13.6. The molecule has 1 N–H and O–H groups in total. The molecule has 7 heteroatoms. The number of aromatic amines is 1. The lowest BCUT2D eigenvalue weighted by Crippen LogP contribution is -2.35. The maximum absolute atomic E-state index is 12.5. The maximum Gasteiger partial charge on any atom is 0.255 e. The standard InChI is InChI=1S/C18H17N5O2/c24-18-15-12-22(11-13-3-8-23(25)9-4-13)7-5-16(15)20-17(21-18)14-2-1-6-19-10-14/h1-4,6,8-10H,5,7,11-12H2,(H,20,21,24). The average Bonchev–Trinajstić information content (AvgIpc) is 2.65. The Morgan fingerprint density at radius 1 is 1.28 bits per heavy atom. The van der Waals surface area contributed by atoms with Gasteiger partial charge in [0.2, 0.25) is 0 Å². The number of hydrogen-bond acceptors (Lipinski definition) is 5. The molecule has 1 aliphatic heterocycles. The van der Waals surface area contributed by atoms with Gasteiger partial charge in [0.1, 0.15) is 5.82 Å². The van der Waals surface area contributed by atoms with Gasteiger partial charge in [-0.2, -0.15) is 4.73 Å². The van der Waals surface area contributed by atoms with Crippen molar-refractivity contribution in [3.8, 4) is 11.4 Å². The Kier molecular flexibility index (Phi) is 3.99. The molecule has 3 aromatic rings. The summed E-state index contributed by atoms with van der Waals surface area (Å²) in [5.74, 6) is 0.563. The lowest BCUT2D eigenvalue weighted by molar-refractivity contribution is -0.605. The molecule has 0 saturated carbocycles. The van der Waals surface area contributed by atoms with Crippen LogP contribution in [0.2, 0.25) is 0 Å². The van der Waals surface area contributed by atoms with E-state index in [9.17, 15) is 10.0 Å². The molecule has 25 heavy (non-hydrogen) atoms. The van der Waals surface area contributed by atoms with Crippen LogP contribution in [0.4, 0.5) is 0 Å². The third-order valence-electron chi connectivity index (χ3n) is 4.36. The number of H-pyrrole nitrogens is 1. The Labute approximate surface area is 144 Å². The van der Waals surface area contributed by atoms with Gasteiger partial charge in [0.15, 0.2) is 12.4 Å². The van der Waals surface area contributed by atoms with Crippen LogP contribution in [-0.4, -0.2) is 26.4 Å². The van der Waals surface area contributed by atoms with Crippen molar-refractivity contribution in [2.75, 3.05) is 6.54 Å². The van der Waals surface area contributed by atoms with Crippen LogP contribution in [0.3, 0.4) is 0 Å². The first kappa shape index (κ1) is 15.5. The van der Waals surface area contributed by atoms with Crippen LogP contribution in [-0.2, 0) is 19.5 Å². The van der Waals surface area contributed by atoms with Crippen molar-refractivity contribution >= 4 is 0 Å². The van der Waals surface area contributed by atoms with E-state index in [1.54, 1.807) is 24.5 Å². The molecular formula is C18H17N5O2. The Bertz CT molecular complexity index is 938. The van der Waals surface area contributed by atoms with Crippen molar-refractivity contribution in [2.45, 2.75) is 19.5 Å². The molecule has 126 valence electrons. The highest BCUT2D eigenvalue weighted by Crippen LogP contribution is 2.19. The fourth-order valence-electron chi connectivity index (χ4n) is 3.06. The van der Waals surface area contributed by atoms with Crippen LogP contribution in [0.25, 0.3) is 11.4 Å². The molecular weight excluding hydrogens is 318 g/mol. The summed E-state index contributed by atoms with van der Waals surface area (Å²) >= 11 is 0. The van der Waals surface area contributed by atoms with E-state index in [1.165, 1.54) is 12.4 Å². The first-order chi connectivity index (χ1) is 12.2. The van der Waals surface area contributed by atoms with Crippen LogP contribution in [0, 0.1) is 5.21 Å². The minimum atomic E-state index is -0.0981. The molecule has 0 bridgehead atoms. The van der Waals surface area contributed by atoms with Gasteiger partial charge >= 0.3 is 0 Å². The van der Waals surface area contributed by atoms with Gasteiger partial charge < -0.3 is 10.2 Å². The third-order valence-corrected chi connectivity index (χ3v) is 4.36. The Morgan fingerprint density at radius 2 is 2.12 bits per heavy atom. The summed E-state index contributed by atoms with van der Waals surface area (Å²) in [4.78, 5) is 26.3. The van der Waals surface area contributed by atoms with E-state index in [4.69, 9.17) is 0 Å². The predicted molar refractivity (Wildman–Crippen MR) is 91.3 cm³/mol. The molecule has 0 saturated heterocycles. The maximum atomic E-state index is 12.5.